The lowest BCUT2D eigenvalue weighted by atomic mass is 9.75. The molecule has 4 rings (SSSR count). The minimum Gasteiger partial charge on any atom is -0.386 e. The number of allylic oxidation sites excluding steroid dienone is 1. The highest BCUT2D eigenvalue weighted by molar-refractivity contribution is 7.81. The van der Waals surface area contributed by atoms with Crippen LogP contribution in [0.25, 0.3) is 0 Å². The molecule has 1 heterocycles. The summed E-state index contributed by atoms with van der Waals surface area (Å²) in [6.45, 7) is 9.45. The van der Waals surface area contributed by atoms with Crippen molar-refractivity contribution in [2.24, 2.45) is 5.41 Å². The van der Waals surface area contributed by atoms with Crippen LogP contribution in [-0.4, -0.2) is 55.1 Å². The molecule has 0 atom stereocenters. The number of hydrogen-bond acceptors (Lipinski definition) is 6. The van der Waals surface area contributed by atoms with E-state index >= 15 is 0 Å². The number of Topliss-reactive ketones (excluding diaryl/α,β-unsaturated/α-hetero) is 1. The van der Waals surface area contributed by atoms with Crippen molar-refractivity contribution >= 4 is 40.1 Å². The first-order valence-electron chi connectivity index (χ1n) is 11.9. The molecule has 1 aliphatic heterocycles. The molecule has 6 nitrogen and oxygen atoms in total. The molecule has 0 amide bonds. The van der Waals surface area contributed by atoms with Gasteiger partial charge in [0.15, 0.2) is 5.78 Å². The van der Waals surface area contributed by atoms with Crippen LogP contribution >= 0.6 is 12.2 Å². The van der Waals surface area contributed by atoms with Gasteiger partial charge < -0.3 is 20.7 Å². The quantitative estimate of drug-likeness (QED) is 0.474. The third kappa shape index (κ3) is 6.65. The lowest BCUT2D eigenvalue weighted by Crippen LogP contribution is -2.41. The molecule has 1 fully saturated rings. The molecular formula is C27H34N4O2S. The standard InChI is InChI=1S/C27H34N4O2S/c1-27(2)18-23(28-12-13-31-14-16-33-17-15-31)25(24(32)19-27)26(34)30-22-10-8-21(9-11-22)29-20-6-4-3-5-7-20/h3-11,28-29H,12-19H2,1-2H3,(H,30,34). The van der Waals surface area contributed by atoms with Crippen molar-refractivity contribution in [3.8, 4) is 0 Å². The maximum Gasteiger partial charge on any atom is 0.168 e. The Balaban J connectivity index is 1.42. The van der Waals surface area contributed by atoms with Crippen molar-refractivity contribution in [3.05, 3.63) is 65.9 Å². The smallest absolute Gasteiger partial charge is 0.168 e. The third-order valence-electron chi connectivity index (χ3n) is 6.18. The minimum atomic E-state index is -0.0811. The highest BCUT2D eigenvalue weighted by atomic mass is 32.1. The summed E-state index contributed by atoms with van der Waals surface area (Å²) < 4.78 is 5.43. The average molecular weight is 479 g/mol. The van der Waals surface area contributed by atoms with Crippen LogP contribution in [0.15, 0.2) is 65.9 Å². The predicted molar refractivity (Wildman–Crippen MR) is 143 cm³/mol. The number of nitrogens with one attached hydrogen (secondary N) is 3. The maximum absolute atomic E-state index is 13.1. The Kier molecular flexibility index (Phi) is 7.98. The van der Waals surface area contributed by atoms with E-state index in [1.807, 2.05) is 54.6 Å². The molecule has 3 N–H and O–H groups in total. The monoisotopic (exact) mass is 478 g/mol. The molecule has 0 aromatic heterocycles. The van der Waals surface area contributed by atoms with Gasteiger partial charge in [0.05, 0.1) is 18.8 Å². The summed E-state index contributed by atoms with van der Waals surface area (Å²) in [5.41, 5.74) is 4.39. The summed E-state index contributed by atoms with van der Waals surface area (Å²) in [6, 6.07) is 18.0. The van der Waals surface area contributed by atoms with E-state index in [-0.39, 0.29) is 11.2 Å². The van der Waals surface area contributed by atoms with Gasteiger partial charge in [-0.25, -0.2) is 0 Å². The Labute approximate surface area is 207 Å². The molecule has 2 aliphatic rings. The van der Waals surface area contributed by atoms with Gasteiger partial charge >= 0.3 is 0 Å². The molecule has 0 radical (unpaired) electrons. The molecule has 1 saturated heterocycles. The number of morpholine rings is 1. The molecule has 0 bridgehead atoms. The number of ether oxygens (including phenoxy) is 1. The number of nitrogens with zero attached hydrogens (tertiary/aromatic N) is 1. The fraction of sp³-hybridized carbons (Fsp3) is 0.407. The number of hydrogen-bond donors (Lipinski definition) is 3. The van der Waals surface area contributed by atoms with Gasteiger partial charge in [-0.1, -0.05) is 44.3 Å². The number of thiocarbonyl (C=S) groups is 1. The van der Waals surface area contributed by atoms with Gasteiger partial charge in [0, 0.05) is 55.4 Å². The molecule has 2 aromatic carbocycles. The van der Waals surface area contributed by atoms with Gasteiger partial charge in [-0.3, -0.25) is 9.69 Å². The van der Waals surface area contributed by atoms with Gasteiger partial charge in [-0.15, -0.1) is 0 Å². The first-order chi connectivity index (χ1) is 16.4. The van der Waals surface area contributed by atoms with Crippen molar-refractivity contribution in [2.45, 2.75) is 26.7 Å². The molecule has 7 heteroatoms. The van der Waals surface area contributed by atoms with Crippen molar-refractivity contribution in [1.82, 2.24) is 10.2 Å². The zero-order chi connectivity index (χ0) is 24.0. The van der Waals surface area contributed by atoms with Crippen LogP contribution in [0.1, 0.15) is 26.7 Å². The van der Waals surface area contributed by atoms with Crippen LogP contribution in [0, 0.1) is 5.41 Å². The van der Waals surface area contributed by atoms with Crippen molar-refractivity contribution < 1.29 is 9.53 Å². The Bertz CT molecular complexity index is 1030. The molecule has 0 saturated carbocycles. The normalized spacial score (nSPS) is 18.5. The van der Waals surface area contributed by atoms with E-state index in [9.17, 15) is 4.79 Å². The highest BCUT2D eigenvalue weighted by Gasteiger charge is 2.34. The van der Waals surface area contributed by atoms with Crippen LogP contribution in [0.5, 0.6) is 0 Å². The fourth-order valence-electron chi connectivity index (χ4n) is 4.44. The predicted octanol–water partition coefficient (Wildman–Crippen LogP) is 4.73. The van der Waals surface area contributed by atoms with E-state index in [0.717, 1.165) is 68.6 Å². The number of rotatable bonds is 8. The largest absolute Gasteiger partial charge is 0.386 e. The molecule has 34 heavy (non-hydrogen) atoms. The molecule has 2 aromatic rings. The van der Waals surface area contributed by atoms with E-state index < -0.39 is 0 Å². The highest BCUT2D eigenvalue weighted by Crippen LogP contribution is 2.36. The fourth-order valence-corrected chi connectivity index (χ4v) is 4.80. The van der Waals surface area contributed by atoms with Crippen molar-refractivity contribution in [2.75, 3.05) is 50.0 Å². The molecule has 180 valence electrons. The third-order valence-corrected chi connectivity index (χ3v) is 6.48. The summed E-state index contributed by atoms with van der Waals surface area (Å²) in [7, 11) is 0. The van der Waals surface area contributed by atoms with Crippen molar-refractivity contribution in [3.63, 3.8) is 0 Å². The number of ketones is 1. The Morgan fingerprint density at radius 2 is 1.62 bits per heavy atom. The van der Waals surface area contributed by atoms with E-state index in [2.05, 4.69) is 34.7 Å². The second-order valence-corrected chi connectivity index (χ2v) is 10.1. The van der Waals surface area contributed by atoms with Crippen LogP contribution in [0.4, 0.5) is 17.1 Å². The lowest BCUT2D eigenvalue weighted by Gasteiger charge is -2.33. The summed E-state index contributed by atoms with van der Waals surface area (Å²) in [6.07, 6.45) is 1.30. The zero-order valence-corrected chi connectivity index (χ0v) is 20.8. The number of carbonyl (C=O) groups is 1. The number of anilines is 3. The van der Waals surface area contributed by atoms with Crippen LogP contribution in [0.3, 0.4) is 0 Å². The van der Waals surface area contributed by atoms with Gasteiger partial charge in [-0.05, 0) is 48.2 Å². The molecule has 1 aliphatic carbocycles. The molecule has 0 spiro atoms. The second kappa shape index (κ2) is 11.1. The molecular weight excluding hydrogens is 444 g/mol. The maximum atomic E-state index is 13.1. The number of carbonyl (C=O) groups excluding carboxylic acids is 1. The minimum absolute atomic E-state index is 0.0811. The van der Waals surface area contributed by atoms with E-state index in [1.54, 1.807) is 0 Å². The Morgan fingerprint density at radius 1 is 0.971 bits per heavy atom. The summed E-state index contributed by atoms with van der Waals surface area (Å²) in [5.74, 6) is 0.102. The summed E-state index contributed by atoms with van der Waals surface area (Å²) in [4.78, 5) is 16.0. The van der Waals surface area contributed by atoms with E-state index in [0.29, 0.717) is 17.0 Å². The second-order valence-electron chi connectivity index (χ2n) is 9.70. The lowest BCUT2D eigenvalue weighted by molar-refractivity contribution is -0.117. The van der Waals surface area contributed by atoms with E-state index in [1.165, 1.54) is 0 Å². The molecule has 0 unspecified atom stereocenters. The summed E-state index contributed by atoms with van der Waals surface area (Å²) in [5, 5.41) is 10.2. The van der Waals surface area contributed by atoms with Crippen LogP contribution < -0.4 is 16.0 Å². The zero-order valence-electron chi connectivity index (χ0n) is 20.0. The average Bonchev–Trinajstić information content (AvgIpc) is 2.81. The van der Waals surface area contributed by atoms with Gasteiger partial charge in [0.1, 0.15) is 4.99 Å². The van der Waals surface area contributed by atoms with Crippen molar-refractivity contribution in [1.29, 1.82) is 0 Å². The first-order valence-corrected chi connectivity index (χ1v) is 12.3. The van der Waals surface area contributed by atoms with Crippen LogP contribution in [0.2, 0.25) is 0 Å². The number of para-hydroxylation sites is 1. The SMILES string of the molecule is CC1(C)CC(=O)C(C(=S)Nc2ccc(Nc3ccccc3)cc2)=C(NCCN2CCOCC2)C1. The van der Waals surface area contributed by atoms with E-state index in [4.69, 9.17) is 17.0 Å². The topological polar surface area (TPSA) is 65.6 Å². The first kappa shape index (κ1) is 24.4. The summed E-state index contributed by atoms with van der Waals surface area (Å²) >= 11 is 5.73. The Hall–Kier alpha value is -2.74. The van der Waals surface area contributed by atoms with Gasteiger partial charge in [-0.2, -0.15) is 0 Å². The van der Waals surface area contributed by atoms with Gasteiger partial charge in [0.2, 0.25) is 0 Å². The number of benzene rings is 2. The van der Waals surface area contributed by atoms with Crippen LogP contribution in [-0.2, 0) is 9.53 Å². The van der Waals surface area contributed by atoms with Gasteiger partial charge in [0.25, 0.3) is 0 Å². The Morgan fingerprint density at radius 3 is 2.32 bits per heavy atom.